The van der Waals surface area contributed by atoms with Gasteiger partial charge in [-0.2, -0.15) is 4.98 Å². The van der Waals surface area contributed by atoms with Gasteiger partial charge in [0.15, 0.2) is 5.58 Å². The van der Waals surface area contributed by atoms with Crippen LogP contribution in [0.2, 0.25) is 5.02 Å². The maximum Gasteiger partial charge on any atom is 0.225 e. The number of nitrogens with zero attached hydrogens (tertiary/aromatic N) is 3. The Morgan fingerprint density at radius 3 is 2.52 bits per heavy atom. The molecule has 4 aromatic rings. The highest BCUT2D eigenvalue weighted by Gasteiger charge is 2.41. The maximum atomic E-state index is 10.7. The van der Waals surface area contributed by atoms with E-state index in [1.807, 2.05) is 39.0 Å². The first kappa shape index (κ1) is 31.6. The molecular weight excluding hydrogens is 585 g/mol. The van der Waals surface area contributed by atoms with Gasteiger partial charge in [-0.3, -0.25) is 0 Å². The fourth-order valence-corrected chi connectivity index (χ4v) is 5.48. The van der Waals surface area contributed by atoms with Crippen molar-refractivity contribution in [1.82, 2.24) is 15.0 Å². The second-order valence-corrected chi connectivity index (χ2v) is 10.5. The molecule has 0 saturated heterocycles. The number of ether oxygens (including phenoxy) is 2. The monoisotopic (exact) mass is 619 g/mol. The lowest BCUT2D eigenvalue weighted by Crippen LogP contribution is -2.35. The summed E-state index contributed by atoms with van der Waals surface area (Å²) in [4.78, 5) is 13.9. The van der Waals surface area contributed by atoms with E-state index < -0.39 is 24.2 Å². The summed E-state index contributed by atoms with van der Waals surface area (Å²) in [6.07, 6.45) is -1.79. The molecule has 0 bridgehead atoms. The lowest BCUT2D eigenvalue weighted by molar-refractivity contribution is 0.00446. The predicted molar refractivity (Wildman–Crippen MR) is 163 cm³/mol. The molecule has 226 valence electrons. The van der Waals surface area contributed by atoms with E-state index in [4.69, 9.17) is 30.5 Å². The lowest BCUT2D eigenvalue weighted by atomic mass is 10.1. The van der Waals surface area contributed by atoms with E-state index in [-0.39, 0.29) is 19.0 Å². The topological polar surface area (TPSA) is 155 Å². The number of pyridine rings is 1. The van der Waals surface area contributed by atoms with Crippen LogP contribution in [0.25, 0.3) is 22.3 Å². The highest BCUT2D eigenvalue weighted by Crippen LogP contribution is 2.38. The van der Waals surface area contributed by atoms with Gasteiger partial charge in [-0.1, -0.05) is 17.7 Å². The van der Waals surface area contributed by atoms with E-state index >= 15 is 0 Å². The highest BCUT2D eigenvalue weighted by atomic mass is 35.5. The molecule has 1 aliphatic carbocycles. The third kappa shape index (κ3) is 6.35. The van der Waals surface area contributed by atoms with Gasteiger partial charge in [0.2, 0.25) is 11.8 Å². The molecule has 0 spiro atoms. The van der Waals surface area contributed by atoms with E-state index in [2.05, 4.69) is 20.6 Å². The summed E-state index contributed by atoms with van der Waals surface area (Å²) >= 11 is 6.29. The van der Waals surface area contributed by atoms with Gasteiger partial charge in [-0.15, -0.1) is 12.4 Å². The second kappa shape index (κ2) is 13.3. The summed E-state index contributed by atoms with van der Waals surface area (Å²) in [5.74, 6) is 1.91. The maximum absolute atomic E-state index is 10.7. The van der Waals surface area contributed by atoms with Gasteiger partial charge < -0.3 is 39.8 Å². The molecule has 3 aromatic heterocycles. The summed E-state index contributed by atoms with van der Waals surface area (Å²) in [5.41, 5.74) is 3.43. The Hall–Kier alpha value is -3.35. The van der Waals surface area contributed by atoms with Crippen molar-refractivity contribution in [3.63, 3.8) is 0 Å². The Kier molecular flexibility index (Phi) is 10.0. The Labute approximate surface area is 254 Å². The van der Waals surface area contributed by atoms with Crippen molar-refractivity contribution in [1.29, 1.82) is 0 Å². The number of rotatable bonds is 10. The summed E-state index contributed by atoms with van der Waals surface area (Å²) in [6.45, 7) is 6.25. The minimum atomic E-state index is -1.09. The van der Waals surface area contributed by atoms with Crippen molar-refractivity contribution in [2.75, 3.05) is 31.0 Å². The minimum absolute atomic E-state index is 0. The van der Waals surface area contributed by atoms with Crippen molar-refractivity contribution < 1.29 is 29.2 Å². The first-order valence-electron chi connectivity index (χ1n) is 13.4. The van der Waals surface area contributed by atoms with Gasteiger partial charge in [0.05, 0.1) is 47.8 Å². The number of hydrogen-bond donors (Lipinski definition) is 5. The molecule has 3 heterocycles. The van der Waals surface area contributed by atoms with Crippen molar-refractivity contribution in [3.05, 3.63) is 52.3 Å². The van der Waals surface area contributed by atoms with Crippen LogP contribution in [-0.4, -0.2) is 68.8 Å². The predicted octanol–water partition coefficient (Wildman–Crippen LogP) is 4.51. The van der Waals surface area contributed by atoms with Gasteiger partial charge in [0.25, 0.3) is 0 Å². The van der Waals surface area contributed by atoms with Crippen LogP contribution in [0.15, 0.2) is 34.7 Å². The number of halogens is 2. The summed E-state index contributed by atoms with van der Waals surface area (Å²) < 4.78 is 17.1. The number of furan rings is 1. The highest BCUT2D eigenvalue weighted by molar-refractivity contribution is 6.32. The number of aromatic nitrogens is 3. The minimum Gasteiger partial charge on any atom is -0.495 e. The van der Waals surface area contributed by atoms with Gasteiger partial charge in [0.1, 0.15) is 23.4 Å². The summed E-state index contributed by atoms with van der Waals surface area (Å²) in [5, 5.41) is 38.7. The van der Waals surface area contributed by atoms with Crippen LogP contribution >= 0.6 is 24.0 Å². The molecule has 1 aliphatic rings. The molecule has 0 aliphatic heterocycles. The molecule has 1 saturated carbocycles. The number of hydrogen-bond acceptors (Lipinski definition) is 11. The van der Waals surface area contributed by atoms with E-state index in [1.165, 1.54) is 0 Å². The molecule has 11 nitrogen and oxygen atoms in total. The quantitative estimate of drug-likeness (QED) is 0.170. The first-order chi connectivity index (χ1) is 19.7. The molecule has 5 N–H and O–H groups in total. The van der Waals surface area contributed by atoms with E-state index in [1.54, 1.807) is 19.2 Å². The lowest BCUT2D eigenvalue weighted by Gasteiger charge is -2.21. The van der Waals surface area contributed by atoms with Crippen LogP contribution in [0.5, 0.6) is 11.6 Å². The fraction of sp³-hybridized carbons (Fsp3) is 0.414. The van der Waals surface area contributed by atoms with Crippen LogP contribution in [0.4, 0.5) is 11.8 Å². The molecular formula is C29H35Cl2N5O6. The first-order valence-corrected chi connectivity index (χ1v) is 13.8. The number of benzene rings is 1. The van der Waals surface area contributed by atoms with Crippen LogP contribution < -0.4 is 20.1 Å². The van der Waals surface area contributed by atoms with Crippen molar-refractivity contribution in [2.45, 2.75) is 52.0 Å². The number of aryl methyl sites for hydroxylation is 2. The van der Waals surface area contributed by atoms with Gasteiger partial charge in [-0.05, 0) is 51.0 Å². The van der Waals surface area contributed by atoms with Crippen molar-refractivity contribution in [2.24, 2.45) is 5.92 Å². The number of fused-ring (bicyclic) bond motifs is 1. The van der Waals surface area contributed by atoms with Crippen LogP contribution in [-0.2, 0) is 6.54 Å². The average Bonchev–Trinajstić information content (AvgIpc) is 3.48. The van der Waals surface area contributed by atoms with Crippen molar-refractivity contribution in [3.8, 4) is 23.0 Å². The van der Waals surface area contributed by atoms with Gasteiger partial charge in [0, 0.05) is 30.5 Å². The molecule has 0 radical (unpaired) electrons. The molecule has 42 heavy (non-hydrogen) atoms. The van der Waals surface area contributed by atoms with Crippen LogP contribution in [0, 0.1) is 19.8 Å². The zero-order valence-corrected chi connectivity index (χ0v) is 25.3. The Morgan fingerprint density at radius 2 is 1.86 bits per heavy atom. The zero-order chi connectivity index (χ0) is 29.3. The van der Waals surface area contributed by atoms with E-state index in [9.17, 15) is 15.3 Å². The molecule has 1 aromatic carbocycles. The van der Waals surface area contributed by atoms with Gasteiger partial charge in [-0.25, -0.2) is 9.97 Å². The number of anilines is 2. The average molecular weight is 621 g/mol. The smallest absolute Gasteiger partial charge is 0.225 e. The second-order valence-electron chi connectivity index (χ2n) is 10.1. The Bertz CT molecular complexity index is 1550. The Balaban J connectivity index is 0.00000405. The normalized spacial score (nSPS) is 19.9. The standard InChI is InChI=1S/C29H34ClN5O6.ClH/c1-5-40-23-11-17-10-22(41-27(17)15(3)32-23)24-14(2)33-29(31-12-16-6-7-21(39-4)19(30)8-16)35-28(24)34-20-9-18(13-36)25(37)26(20)38;/h6-8,10-11,18,20,25-26,36-38H,5,9,12-13H2,1-4H3,(H2,31,33,34,35);1H/t18-,20-,25-,26+;/m1./s1. The number of aliphatic hydroxyl groups excluding tert-OH is 3. The molecule has 13 heteroatoms. The zero-order valence-electron chi connectivity index (χ0n) is 23.7. The molecule has 0 amide bonds. The van der Waals surface area contributed by atoms with Gasteiger partial charge >= 0.3 is 0 Å². The largest absolute Gasteiger partial charge is 0.495 e. The molecule has 1 fully saturated rings. The third-order valence-corrected chi connectivity index (χ3v) is 7.60. The fourth-order valence-electron chi connectivity index (χ4n) is 5.20. The van der Waals surface area contributed by atoms with Crippen molar-refractivity contribution >= 4 is 46.7 Å². The number of methoxy groups -OCH3 is 1. The summed E-state index contributed by atoms with van der Waals surface area (Å²) in [7, 11) is 1.56. The van der Waals surface area contributed by atoms with E-state index in [0.29, 0.717) is 76.3 Å². The van der Waals surface area contributed by atoms with E-state index in [0.717, 1.165) is 10.9 Å². The molecule has 5 rings (SSSR count). The Morgan fingerprint density at radius 1 is 1.07 bits per heavy atom. The third-order valence-electron chi connectivity index (χ3n) is 7.30. The molecule has 0 unspecified atom stereocenters. The number of aliphatic hydroxyl groups is 3. The SMILES string of the molecule is CCOc1cc2cc(-c3c(C)nc(NCc4ccc(OC)c(Cl)c4)nc3N[C@@H]3C[C@H](CO)[C@@H](O)[C@H]3O)oc2c(C)n1.Cl. The van der Waals surface area contributed by atoms with Crippen LogP contribution in [0.1, 0.15) is 30.3 Å². The molecule has 4 atom stereocenters. The number of nitrogens with one attached hydrogen (secondary N) is 2. The summed E-state index contributed by atoms with van der Waals surface area (Å²) in [6, 6.07) is 8.64. The van der Waals surface area contributed by atoms with Crippen LogP contribution in [0.3, 0.4) is 0 Å².